The summed E-state index contributed by atoms with van der Waals surface area (Å²) in [6.45, 7) is 3.95. The molecule has 1 aromatic rings. The Bertz CT molecular complexity index is 426. The van der Waals surface area contributed by atoms with Crippen molar-refractivity contribution in [2.24, 2.45) is 5.73 Å². The Kier molecular flexibility index (Phi) is 8.45. The fourth-order valence-electron chi connectivity index (χ4n) is 1.88. The van der Waals surface area contributed by atoms with Crippen molar-refractivity contribution < 1.29 is 18.9 Å². The van der Waals surface area contributed by atoms with Gasteiger partial charge in [-0.25, -0.2) is 0 Å². The van der Waals surface area contributed by atoms with Gasteiger partial charge in [0.1, 0.15) is 6.61 Å². The lowest BCUT2D eigenvalue weighted by molar-refractivity contribution is 0.0538. The van der Waals surface area contributed by atoms with Crippen molar-refractivity contribution in [2.75, 3.05) is 40.6 Å². The van der Waals surface area contributed by atoms with Crippen LogP contribution in [0.25, 0.3) is 0 Å². The Labute approximate surface area is 131 Å². The Morgan fingerprint density at radius 1 is 1.14 bits per heavy atom. The summed E-state index contributed by atoms with van der Waals surface area (Å²) in [7, 11) is 3.22. The molecule has 0 aliphatic carbocycles. The summed E-state index contributed by atoms with van der Waals surface area (Å²) in [6, 6.07) is 3.59. The first-order chi connectivity index (χ1) is 10.1. The number of nitrogens with two attached hydrogens (primary N) is 1. The molecule has 0 aliphatic rings. The number of ether oxygens (including phenoxy) is 4. The van der Waals surface area contributed by atoms with Gasteiger partial charge in [-0.1, -0.05) is 11.6 Å². The third kappa shape index (κ3) is 6.52. The first kappa shape index (κ1) is 18.0. The molecule has 1 aromatic carbocycles. The van der Waals surface area contributed by atoms with Crippen molar-refractivity contribution in [1.82, 2.24) is 0 Å². The molecule has 0 fully saturated rings. The van der Waals surface area contributed by atoms with Crippen molar-refractivity contribution in [1.29, 1.82) is 0 Å². The van der Waals surface area contributed by atoms with Crippen LogP contribution in [-0.2, 0) is 15.9 Å². The monoisotopic (exact) mass is 317 g/mol. The summed E-state index contributed by atoms with van der Waals surface area (Å²) in [4.78, 5) is 0. The van der Waals surface area contributed by atoms with Crippen molar-refractivity contribution in [2.45, 2.75) is 19.4 Å². The molecule has 1 rings (SSSR count). The summed E-state index contributed by atoms with van der Waals surface area (Å²) in [6.07, 6.45) is 0.663. The highest BCUT2D eigenvalue weighted by molar-refractivity contribution is 6.30. The highest BCUT2D eigenvalue weighted by Crippen LogP contribution is 2.35. The molecule has 0 heterocycles. The lowest BCUT2D eigenvalue weighted by Gasteiger charge is -2.17. The highest BCUT2D eigenvalue weighted by atomic mass is 35.5. The number of rotatable bonds is 10. The van der Waals surface area contributed by atoms with Gasteiger partial charge in [-0.2, -0.15) is 0 Å². The number of hydrogen-bond donors (Lipinski definition) is 1. The highest BCUT2D eigenvalue weighted by Gasteiger charge is 2.14. The molecule has 0 aromatic heterocycles. The van der Waals surface area contributed by atoms with E-state index in [4.69, 9.17) is 36.3 Å². The second-order valence-corrected chi connectivity index (χ2v) is 5.17. The first-order valence-electron chi connectivity index (χ1n) is 6.90. The topological polar surface area (TPSA) is 62.9 Å². The zero-order valence-electron chi connectivity index (χ0n) is 12.9. The molecule has 0 spiro atoms. The quantitative estimate of drug-likeness (QED) is 0.671. The van der Waals surface area contributed by atoms with E-state index in [9.17, 15) is 0 Å². The zero-order valence-corrected chi connectivity index (χ0v) is 13.6. The SMILES string of the molecule is COCCOCCOc1c(CC(C)N)cc(Cl)cc1OC. The summed E-state index contributed by atoms with van der Waals surface area (Å²) >= 11 is 6.09. The van der Waals surface area contributed by atoms with E-state index in [1.54, 1.807) is 20.3 Å². The van der Waals surface area contributed by atoms with Crippen LogP contribution in [0.4, 0.5) is 0 Å². The fraction of sp³-hybridized carbons (Fsp3) is 0.600. The summed E-state index contributed by atoms with van der Waals surface area (Å²) in [5.74, 6) is 1.28. The van der Waals surface area contributed by atoms with Gasteiger partial charge in [-0.15, -0.1) is 0 Å². The van der Waals surface area contributed by atoms with Crippen LogP contribution >= 0.6 is 11.6 Å². The van der Waals surface area contributed by atoms with Crippen molar-refractivity contribution >= 4 is 11.6 Å². The number of hydrogen-bond acceptors (Lipinski definition) is 5. The van der Waals surface area contributed by atoms with Crippen molar-refractivity contribution in [3.05, 3.63) is 22.7 Å². The molecule has 6 heteroatoms. The van der Waals surface area contributed by atoms with Crippen LogP contribution in [-0.4, -0.2) is 46.7 Å². The smallest absolute Gasteiger partial charge is 0.164 e. The van der Waals surface area contributed by atoms with E-state index in [-0.39, 0.29) is 6.04 Å². The van der Waals surface area contributed by atoms with Crippen LogP contribution in [0.5, 0.6) is 11.5 Å². The summed E-state index contributed by atoms with van der Waals surface area (Å²) < 4.78 is 21.4. The normalized spacial score (nSPS) is 12.2. The van der Waals surface area contributed by atoms with Gasteiger partial charge in [0.15, 0.2) is 11.5 Å². The molecule has 120 valence electrons. The van der Waals surface area contributed by atoms with Gasteiger partial charge >= 0.3 is 0 Å². The van der Waals surface area contributed by atoms with Gasteiger partial charge < -0.3 is 24.7 Å². The maximum absolute atomic E-state index is 6.09. The van der Waals surface area contributed by atoms with Gasteiger partial charge in [0.25, 0.3) is 0 Å². The lowest BCUT2D eigenvalue weighted by Crippen LogP contribution is -2.19. The van der Waals surface area contributed by atoms with E-state index >= 15 is 0 Å². The van der Waals surface area contributed by atoms with Crippen LogP contribution < -0.4 is 15.2 Å². The van der Waals surface area contributed by atoms with E-state index < -0.39 is 0 Å². The number of benzene rings is 1. The minimum Gasteiger partial charge on any atom is -0.493 e. The maximum Gasteiger partial charge on any atom is 0.164 e. The Hall–Kier alpha value is -1.01. The van der Waals surface area contributed by atoms with Crippen LogP contribution in [0.1, 0.15) is 12.5 Å². The molecule has 0 bridgehead atoms. The van der Waals surface area contributed by atoms with Crippen molar-refractivity contribution in [3.8, 4) is 11.5 Å². The van der Waals surface area contributed by atoms with Gasteiger partial charge in [0.05, 0.1) is 26.9 Å². The summed E-state index contributed by atoms with van der Waals surface area (Å²) in [5.41, 5.74) is 6.80. The summed E-state index contributed by atoms with van der Waals surface area (Å²) in [5, 5.41) is 0.603. The van der Waals surface area contributed by atoms with E-state index in [1.807, 2.05) is 13.0 Å². The van der Waals surface area contributed by atoms with Crippen LogP contribution in [0, 0.1) is 0 Å². The van der Waals surface area contributed by atoms with Gasteiger partial charge in [0, 0.05) is 29.8 Å². The standard InChI is InChI=1S/C15H24ClNO4/c1-11(17)8-12-9-13(16)10-14(19-3)15(12)21-7-6-20-5-4-18-2/h9-11H,4-8,17H2,1-3H3. The molecule has 2 N–H and O–H groups in total. The Morgan fingerprint density at radius 3 is 2.48 bits per heavy atom. The third-order valence-corrected chi connectivity index (χ3v) is 2.98. The largest absolute Gasteiger partial charge is 0.493 e. The molecule has 0 amide bonds. The second kappa shape index (κ2) is 9.84. The predicted octanol–water partition coefficient (Wildman–Crippen LogP) is 2.28. The number of halogens is 1. The molecule has 0 radical (unpaired) electrons. The first-order valence-corrected chi connectivity index (χ1v) is 7.27. The molecule has 0 saturated carbocycles. The second-order valence-electron chi connectivity index (χ2n) is 4.73. The minimum atomic E-state index is 0.00785. The van der Waals surface area contributed by atoms with Gasteiger partial charge in [0.2, 0.25) is 0 Å². The van der Waals surface area contributed by atoms with Gasteiger partial charge in [-0.05, 0) is 19.4 Å². The maximum atomic E-state index is 6.09. The molecular weight excluding hydrogens is 294 g/mol. The molecule has 1 unspecified atom stereocenters. The average molecular weight is 318 g/mol. The van der Waals surface area contributed by atoms with Crippen LogP contribution in [0.15, 0.2) is 12.1 Å². The average Bonchev–Trinajstić information content (AvgIpc) is 2.43. The van der Waals surface area contributed by atoms with E-state index in [1.165, 1.54) is 0 Å². The molecule has 0 aliphatic heterocycles. The van der Waals surface area contributed by atoms with E-state index in [0.29, 0.717) is 49.4 Å². The Balaban J connectivity index is 2.68. The van der Waals surface area contributed by atoms with Crippen LogP contribution in [0.2, 0.25) is 5.02 Å². The number of methoxy groups -OCH3 is 2. The van der Waals surface area contributed by atoms with Crippen molar-refractivity contribution in [3.63, 3.8) is 0 Å². The molecule has 0 saturated heterocycles. The predicted molar refractivity (Wildman–Crippen MR) is 83.5 cm³/mol. The lowest BCUT2D eigenvalue weighted by atomic mass is 10.1. The van der Waals surface area contributed by atoms with E-state index in [2.05, 4.69) is 0 Å². The Morgan fingerprint density at radius 2 is 1.86 bits per heavy atom. The van der Waals surface area contributed by atoms with Gasteiger partial charge in [-0.3, -0.25) is 0 Å². The zero-order chi connectivity index (χ0) is 15.7. The van der Waals surface area contributed by atoms with E-state index in [0.717, 1.165) is 5.56 Å². The molecule has 5 nitrogen and oxygen atoms in total. The molecular formula is C15H24ClNO4. The minimum absolute atomic E-state index is 0.00785. The van der Waals surface area contributed by atoms with Crippen LogP contribution in [0.3, 0.4) is 0 Å². The molecule has 21 heavy (non-hydrogen) atoms. The molecule has 1 atom stereocenters. The third-order valence-electron chi connectivity index (χ3n) is 2.76. The fourth-order valence-corrected chi connectivity index (χ4v) is 2.11.